The molecule has 0 saturated heterocycles. The van der Waals surface area contributed by atoms with Gasteiger partial charge in [0, 0.05) is 18.0 Å². The first-order chi connectivity index (χ1) is 13.2. The molecule has 0 fully saturated rings. The van der Waals surface area contributed by atoms with Gasteiger partial charge in [-0.25, -0.2) is 4.68 Å². The van der Waals surface area contributed by atoms with Gasteiger partial charge in [0.05, 0.1) is 5.39 Å². The van der Waals surface area contributed by atoms with Crippen LogP contribution in [0.1, 0.15) is 47.2 Å². The van der Waals surface area contributed by atoms with E-state index in [4.69, 9.17) is 0 Å². The molecule has 0 saturated carbocycles. The van der Waals surface area contributed by atoms with Crippen molar-refractivity contribution < 1.29 is 9.59 Å². The zero-order valence-electron chi connectivity index (χ0n) is 16.2. The van der Waals surface area contributed by atoms with Gasteiger partial charge in [0.2, 0.25) is 0 Å². The maximum Gasteiger partial charge on any atom is 0.290 e. The van der Waals surface area contributed by atoms with Gasteiger partial charge in [-0.2, -0.15) is 5.10 Å². The fraction of sp³-hybridized carbons (Fsp3) is 0.238. The number of fused-ring (bicyclic) bond motifs is 1. The number of hydrogen-bond acceptors (Lipinski definition) is 4. The highest BCUT2D eigenvalue weighted by molar-refractivity contribution is 6.06. The lowest BCUT2D eigenvalue weighted by atomic mass is 9.87. The molecule has 2 amide bonds. The number of amides is 2. The van der Waals surface area contributed by atoms with Crippen LogP contribution >= 0.6 is 0 Å². The zero-order chi connectivity index (χ0) is 20.5. The van der Waals surface area contributed by atoms with Crippen molar-refractivity contribution in [1.82, 2.24) is 20.6 Å². The SMILES string of the molecule is Cn1nc(C(=O)NNC(=O)c2ccc(C(C)(C)C)cc2)c2ccccc2c1=O. The minimum Gasteiger partial charge on any atom is -0.267 e. The molecule has 0 aliphatic carbocycles. The van der Waals surface area contributed by atoms with Crippen LogP contribution in [0.5, 0.6) is 0 Å². The fourth-order valence-corrected chi connectivity index (χ4v) is 2.83. The number of nitrogens with zero attached hydrogens (tertiary/aromatic N) is 2. The van der Waals surface area contributed by atoms with Crippen LogP contribution in [0.25, 0.3) is 10.8 Å². The van der Waals surface area contributed by atoms with E-state index in [1.54, 1.807) is 36.4 Å². The standard InChI is InChI=1S/C21H22N4O3/c1-21(2,3)14-11-9-13(10-12-14)18(26)22-23-19(27)17-15-7-5-6-8-16(15)20(28)25(4)24-17/h5-12H,1-4H3,(H,22,26)(H,23,27). The maximum absolute atomic E-state index is 12.5. The molecular weight excluding hydrogens is 356 g/mol. The molecular formula is C21H22N4O3. The summed E-state index contributed by atoms with van der Waals surface area (Å²) in [5.74, 6) is -1.05. The van der Waals surface area contributed by atoms with E-state index in [1.165, 1.54) is 7.05 Å². The van der Waals surface area contributed by atoms with Crippen molar-refractivity contribution in [3.05, 3.63) is 75.7 Å². The average Bonchev–Trinajstić information content (AvgIpc) is 2.68. The molecule has 144 valence electrons. The monoisotopic (exact) mass is 378 g/mol. The highest BCUT2D eigenvalue weighted by Gasteiger charge is 2.17. The van der Waals surface area contributed by atoms with Crippen molar-refractivity contribution in [2.24, 2.45) is 7.05 Å². The molecule has 0 aliphatic rings. The van der Waals surface area contributed by atoms with E-state index in [-0.39, 0.29) is 16.7 Å². The van der Waals surface area contributed by atoms with Gasteiger partial charge in [0.25, 0.3) is 17.4 Å². The second-order valence-electron chi connectivity index (χ2n) is 7.56. The van der Waals surface area contributed by atoms with Crippen molar-refractivity contribution in [2.75, 3.05) is 0 Å². The molecule has 7 heteroatoms. The minimum absolute atomic E-state index is 0.0147. The third kappa shape index (κ3) is 3.78. The van der Waals surface area contributed by atoms with Crippen molar-refractivity contribution >= 4 is 22.6 Å². The van der Waals surface area contributed by atoms with Gasteiger partial charge in [-0.05, 0) is 29.2 Å². The second kappa shape index (κ2) is 7.26. The van der Waals surface area contributed by atoms with Crippen LogP contribution in [0.15, 0.2) is 53.3 Å². The molecule has 1 heterocycles. The van der Waals surface area contributed by atoms with Crippen molar-refractivity contribution in [1.29, 1.82) is 0 Å². The Labute approximate surface area is 162 Å². The van der Waals surface area contributed by atoms with E-state index in [2.05, 4.69) is 36.7 Å². The normalized spacial score (nSPS) is 11.3. The minimum atomic E-state index is -0.605. The van der Waals surface area contributed by atoms with E-state index < -0.39 is 11.8 Å². The predicted octanol–water partition coefficient (Wildman–Crippen LogP) is 2.31. The highest BCUT2D eigenvalue weighted by atomic mass is 16.2. The number of hydrazine groups is 1. The number of rotatable bonds is 2. The van der Waals surface area contributed by atoms with E-state index in [9.17, 15) is 14.4 Å². The Morgan fingerprint density at radius 2 is 1.46 bits per heavy atom. The number of aromatic nitrogens is 2. The van der Waals surface area contributed by atoms with Gasteiger partial charge < -0.3 is 0 Å². The summed E-state index contributed by atoms with van der Waals surface area (Å²) in [6.07, 6.45) is 0. The molecule has 3 rings (SSSR count). The summed E-state index contributed by atoms with van der Waals surface area (Å²) in [6.45, 7) is 6.27. The quantitative estimate of drug-likeness (QED) is 0.669. The molecule has 7 nitrogen and oxygen atoms in total. The van der Waals surface area contributed by atoms with Crippen LogP contribution in [-0.4, -0.2) is 21.6 Å². The summed E-state index contributed by atoms with van der Waals surface area (Å²) in [5.41, 5.74) is 6.03. The predicted molar refractivity (Wildman–Crippen MR) is 107 cm³/mol. The van der Waals surface area contributed by atoms with Gasteiger partial charge in [-0.15, -0.1) is 0 Å². The molecule has 3 aromatic rings. The lowest BCUT2D eigenvalue weighted by Crippen LogP contribution is -2.42. The molecule has 0 bridgehead atoms. The Balaban J connectivity index is 1.78. The Kier molecular flexibility index (Phi) is 5.00. The largest absolute Gasteiger partial charge is 0.290 e. The van der Waals surface area contributed by atoms with Crippen LogP contribution in [0.3, 0.4) is 0 Å². The lowest BCUT2D eigenvalue weighted by Gasteiger charge is -2.19. The first kappa shape index (κ1) is 19.3. The number of carbonyl (C=O) groups is 2. The summed E-state index contributed by atoms with van der Waals surface area (Å²) in [7, 11) is 1.47. The Bertz CT molecular complexity index is 1110. The fourth-order valence-electron chi connectivity index (χ4n) is 2.83. The van der Waals surface area contributed by atoms with Crippen LogP contribution < -0.4 is 16.4 Å². The molecule has 0 aliphatic heterocycles. The number of nitrogens with one attached hydrogen (secondary N) is 2. The summed E-state index contributed by atoms with van der Waals surface area (Å²) >= 11 is 0. The lowest BCUT2D eigenvalue weighted by molar-refractivity contribution is 0.0844. The third-order valence-corrected chi connectivity index (χ3v) is 4.47. The molecule has 2 N–H and O–H groups in total. The summed E-state index contributed by atoms with van der Waals surface area (Å²) in [5, 5.41) is 4.84. The number of benzene rings is 2. The Morgan fingerprint density at radius 1 is 0.893 bits per heavy atom. The van der Waals surface area contributed by atoms with Crippen LogP contribution in [0.4, 0.5) is 0 Å². The van der Waals surface area contributed by atoms with Gasteiger partial charge in [0.1, 0.15) is 0 Å². The first-order valence-corrected chi connectivity index (χ1v) is 8.86. The van der Waals surface area contributed by atoms with E-state index in [0.717, 1.165) is 10.2 Å². The van der Waals surface area contributed by atoms with E-state index in [1.807, 2.05) is 12.1 Å². The van der Waals surface area contributed by atoms with Crippen molar-refractivity contribution in [2.45, 2.75) is 26.2 Å². The maximum atomic E-state index is 12.5. The summed E-state index contributed by atoms with van der Waals surface area (Å²) in [6, 6.07) is 13.9. The van der Waals surface area contributed by atoms with E-state index >= 15 is 0 Å². The smallest absolute Gasteiger partial charge is 0.267 e. The molecule has 0 unspecified atom stereocenters. The van der Waals surface area contributed by atoms with Crippen LogP contribution in [-0.2, 0) is 12.5 Å². The number of hydrogen-bond donors (Lipinski definition) is 2. The molecule has 2 aromatic carbocycles. The Hall–Kier alpha value is -3.48. The molecule has 28 heavy (non-hydrogen) atoms. The molecule has 0 spiro atoms. The van der Waals surface area contributed by atoms with Gasteiger partial charge in [0.15, 0.2) is 5.69 Å². The summed E-state index contributed by atoms with van der Waals surface area (Å²) < 4.78 is 1.10. The van der Waals surface area contributed by atoms with Gasteiger partial charge in [-0.1, -0.05) is 51.1 Å². The second-order valence-corrected chi connectivity index (χ2v) is 7.56. The number of aryl methyl sites for hydroxylation is 1. The zero-order valence-corrected chi connectivity index (χ0v) is 16.2. The molecule has 1 aromatic heterocycles. The van der Waals surface area contributed by atoms with Crippen LogP contribution in [0.2, 0.25) is 0 Å². The first-order valence-electron chi connectivity index (χ1n) is 8.86. The number of carbonyl (C=O) groups excluding carboxylic acids is 2. The average molecular weight is 378 g/mol. The Morgan fingerprint density at radius 3 is 2.07 bits per heavy atom. The highest BCUT2D eigenvalue weighted by Crippen LogP contribution is 2.22. The van der Waals surface area contributed by atoms with Crippen LogP contribution in [0, 0.1) is 0 Å². The van der Waals surface area contributed by atoms with E-state index in [0.29, 0.717) is 16.3 Å². The molecule has 0 atom stereocenters. The molecule has 0 radical (unpaired) electrons. The third-order valence-electron chi connectivity index (χ3n) is 4.47. The van der Waals surface area contributed by atoms with Crippen molar-refractivity contribution in [3.8, 4) is 0 Å². The summed E-state index contributed by atoms with van der Waals surface area (Å²) in [4.78, 5) is 37.0. The van der Waals surface area contributed by atoms with Crippen molar-refractivity contribution in [3.63, 3.8) is 0 Å². The van der Waals surface area contributed by atoms with Gasteiger partial charge >= 0.3 is 0 Å². The van der Waals surface area contributed by atoms with Gasteiger partial charge in [-0.3, -0.25) is 25.2 Å². The topological polar surface area (TPSA) is 93.1 Å².